The summed E-state index contributed by atoms with van der Waals surface area (Å²) < 4.78 is 30.4. The zero-order valence-electron chi connectivity index (χ0n) is 11.7. The van der Waals surface area contributed by atoms with Crippen LogP contribution in [0.4, 0.5) is 0 Å². The highest BCUT2D eigenvalue weighted by molar-refractivity contribution is 7.89. The van der Waals surface area contributed by atoms with Crippen LogP contribution in [0.3, 0.4) is 0 Å². The molecule has 9 heteroatoms. The molecule has 21 heavy (non-hydrogen) atoms. The van der Waals surface area contributed by atoms with Crippen molar-refractivity contribution in [2.75, 3.05) is 33.9 Å². The van der Waals surface area contributed by atoms with Crippen molar-refractivity contribution in [1.29, 1.82) is 0 Å². The normalized spacial score (nSPS) is 11.5. The molecule has 1 rings (SSSR count). The highest BCUT2D eigenvalue weighted by Crippen LogP contribution is 2.27. The predicted molar refractivity (Wildman–Crippen MR) is 77.9 cm³/mol. The number of carbonyl (C=O) groups excluding carboxylic acids is 1. The lowest BCUT2D eigenvalue weighted by Gasteiger charge is -2.17. The molecule has 0 fully saturated rings. The van der Waals surface area contributed by atoms with Gasteiger partial charge >= 0.3 is 0 Å². The number of ether oxygens (including phenoxy) is 1. The van der Waals surface area contributed by atoms with Crippen LogP contribution >= 0.6 is 11.6 Å². The Kier molecular flexibility index (Phi) is 6.41. The highest BCUT2D eigenvalue weighted by atomic mass is 35.5. The number of hydrogen-bond donors (Lipinski definition) is 2. The Bertz CT molecular complexity index is 606. The number of amides is 1. The molecule has 0 unspecified atom stereocenters. The van der Waals surface area contributed by atoms with E-state index in [1.165, 1.54) is 32.4 Å². The summed E-state index contributed by atoms with van der Waals surface area (Å²) in [6, 6.07) is 4.05. The number of benzene rings is 1. The Morgan fingerprint density at radius 1 is 1.48 bits per heavy atom. The van der Waals surface area contributed by atoms with E-state index in [4.69, 9.17) is 21.4 Å². The standard InChI is InChI=1S/C12H17ClN2O5S/c1-15(8-12(17)14-5-6-16)21(18,19)9-3-4-11(20-2)10(13)7-9/h3-4,7,16H,5-6,8H2,1-2H3,(H,14,17). The molecule has 0 atom stereocenters. The second kappa shape index (κ2) is 7.60. The van der Waals surface area contributed by atoms with Gasteiger partial charge < -0.3 is 15.2 Å². The first-order valence-electron chi connectivity index (χ1n) is 6.00. The van der Waals surface area contributed by atoms with Crippen molar-refractivity contribution in [3.63, 3.8) is 0 Å². The summed E-state index contributed by atoms with van der Waals surface area (Å²) in [6.07, 6.45) is 0. The summed E-state index contributed by atoms with van der Waals surface area (Å²) in [6.45, 7) is -0.497. The summed E-state index contributed by atoms with van der Waals surface area (Å²) in [5, 5.41) is 11.1. The van der Waals surface area contributed by atoms with Gasteiger partial charge in [0, 0.05) is 13.6 Å². The average Bonchev–Trinajstić information content (AvgIpc) is 2.44. The number of rotatable bonds is 7. The van der Waals surface area contributed by atoms with Gasteiger partial charge in [-0.1, -0.05) is 11.6 Å². The maximum absolute atomic E-state index is 12.3. The molecular formula is C12H17ClN2O5S. The molecule has 0 spiro atoms. The van der Waals surface area contributed by atoms with Crippen LogP contribution < -0.4 is 10.1 Å². The minimum atomic E-state index is -3.84. The average molecular weight is 337 g/mol. The molecule has 1 amide bonds. The van der Waals surface area contributed by atoms with Crippen LogP contribution in [-0.4, -0.2) is 57.6 Å². The Morgan fingerprint density at radius 3 is 2.67 bits per heavy atom. The lowest BCUT2D eigenvalue weighted by atomic mass is 10.3. The van der Waals surface area contributed by atoms with E-state index in [0.29, 0.717) is 5.75 Å². The Labute approximate surface area is 128 Å². The fourth-order valence-corrected chi connectivity index (χ4v) is 3.00. The van der Waals surface area contributed by atoms with Gasteiger partial charge in [0.05, 0.1) is 30.2 Å². The molecule has 0 heterocycles. The SMILES string of the molecule is COc1ccc(S(=O)(=O)N(C)CC(=O)NCCO)cc1Cl. The maximum atomic E-state index is 12.3. The molecule has 118 valence electrons. The molecule has 2 N–H and O–H groups in total. The Morgan fingerprint density at radius 2 is 2.14 bits per heavy atom. The van der Waals surface area contributed by atoms with Gasteiger partial charge in [-0.3, -0.25) is 4.79 Å². The number of likely N-dealkylation sites (N-methyl/N-ethyl adjacent to an activating group) is 1. The molecule has 1 aromatic rings. The topological polar surface area (TPSA) is 95.9 Å². The number of aliphatic hydroxyl groups excluding tert-OH is 1. The van der Waals surface area contributed by atoms with Crippen LogP contribution in [0.25, 0.3) is 0 Å². The summed E-state index contributed by atoms with van der Waals surface area (Å²) in [5.74, 6) is -0.145. The van der Waals surface area contributed by atoms with E-state index in [1.54, 1.807) is 0 Å². The Balaban J connectivity index is 2.89. The van der Waals surface area contributed by atoms with Gasteiger partial charge in [-0.15, -0.1) is 0 Å². The maximum Gasteiger partial charge on any atom is 0.243 e. The van der Waals surface area contributed by atoms with Crippen LogP contribution in [0.2, 0.25) is 5.02 Å². The van der Waals surface area contributed by atoms with Crippen molar-refractivity contribution in [1.82, 2.24) is 9.62 Å². The molecule has 0 aromatic heterocycles. The van der Waals surface area contributed by atoms with Gasteiger partial charge in [0.2, 0.25) is 15.9 Å². The van der Waals surface area contributed by atoms with E-state index in [-0.39, 0.29) is 29.6 Å². The minimum Gasteiger partial charge on any atom is -0.495 e. The number of nitrogens with zero attached hydrogens (tertiary/aromatic N) is 1. The summed E-state index contributed by atoms with van der Waals surface area (Å²) >= 11 is 5.90. The first kappa shape index (κ1) is 17.7. The van der Waals surface area contributed by atoms with Crippen molar-refractivity contribution in [3.8, 4) is 5.75 Å². The number of halogens is 1. The monoisotopic (exact) mass is 336 g/mol. The van der Waals surface area contributed by atoms with E-state index >= 15 is 0 Å². The van der Waals surface area contributed by atoms with Crippen LogP contribution in [0, 0.1) is 0 Å². The third-order valence-electron chi connectivity index (χ3n) is 2.63. The number of sulfonamides is 1. The third kappa shape index (κ3) is 4.57. The lowest BCUT2D eigenvalue weighted by molar-refractivity contribution is -0.121. The second-order valence-electron chi connectivity index (χ2n) is 4.13. The fourth-order valence-electron chi connectivity index (χ4n) is 1.53. The quantitative estimate of drug-likeness (QED) is 0.735. The zero-order chi connectivity index (χ0) is 16.0. The Hall–Kier alpha value is -1.35. The van der Waals surface area contributed by atoms with Crippen LogP contribution in [0.1, 0.15) is 0 Å². The fraction of sp³-hybridized carbons (Fsp3) is 0.417. The largest absolute Gasteiger partial charge is 0.495 e. The van der Waals surface area contributed by atoms with Gasteiger partial charge in [0.25, 0.3) is 0 Å². The van der Waals surface area contributed by atoms with E-state index in [9.17, 15) is 13.2 Å². The van der Waals surface area contributed by atoms with Gasteiger partial charge in [0.15, 0.2) is 0 Å². The molecule has 7 nitrogen and oxygen atoms in total. The summed E-state index contributed by atoms with van der Waals surface area (Å²) in [5.41, 5.74) is 0. The van der Waals surface area contributed by atoms with Gasteiger partial charge in [-0.25, -0.2) is 8.42 Å². The van der Waals surface area contributed by atoms with Crippen molar-refractivity contribution >= 4 is 27.5 Å². The molecule has 0 aliphatic heterocycles. The van der Waals surface area contributed by atoms with Gasteiger partial charge in [-0.2, -0.15) is 4.31 Å². The number of nitrogens with one attached hydrogen (secondary N) is 1. The smallest absolute Gasteiger partial charge is 0.243 e. The molecular weight excluding hydrogens is 320 g/mol. The summed E-state index contributed by atoms with van der Waals surface area (Å²) in [4.78, 5) is 11.4. The van der Waals surface area contributed by atoms with Crippen molar-refractivity contribution < 1.29 is 23.1 Å². The lowest BCUT2D eigenvalue weighted by Crippen LogP contribution is -2.39. The minimum absolute atomic E-state index is 0.0363. The first-order valence-corrected chi connectivity index (χ1v) is 7.82. The van der Waals surface area contributed by atoms with Gasteiger partial charge in [0.1, 0.15) is 5.75 Å². The zero-order valence-corrected chi connectivity index (χ0v) is 13.2. The van der Waals surface area contributed by atoms with Crippen molar-refractivity contribution in [2.45, 2.75) is 4.90 Å². The van der Waals surface area contributed by atoms with Crippen LogP contribution in [-0.2, 0) is 14.8 Å². The third-order valence-corrected chi connectivity index (χ3v) is 4.73. The van der Waals surface area contributed by atoms with Crippen LogP contribution in [0.15, 0.2) is 23.1 Å². The van der Waals surface area contributed by atoms with Crippen molar-refractivity contribution in [2.24, 2.45) is 0 Å². The number of aliphatic hydroxyl groups is 1. The molecule has 0 saturated carbocycles. The van der Waals surface area contributed by atoms with E-state index in [2.05, 4.69) is 5.32 Å². The second-order valence-corrected chi connectivity index (χ2v) is 6.58. The molecule has 0 radical (unpaired) electrons. The first-order chi connectivity index (χ1) is 9.82. The number of methoxy groups -OCH3 is 1. The summed E-state index contributed by atoms with van der Waals surface area (Å²) in [7, 11) is -1.13. The molecule has 1 aromatic carbocycles. The molecule has 0 bridgehead atoms. The highest BCUT2D eigenvalue weighted by Gasteiger charge is 2.23. The van der Waals surface area contributed by atoms with E-state index in [0.717, 1.165) is 4.31 Å². The predicted octanol–water partition coefficient (Wildman–Crippen LogP) is 0.0776. The van der Waals surface area contributed by atoms with Gasteiger partial charge in [-0.05, 0) is 18.2 Å². The molecule has 0 saturated heterocycles. The van der Waals surface area contributed by atoms with Crippen LogP contribution in [0.5, 0.6) is 5.75 Å². The molecule has 0 aliphatic carbocycles. The number of carbonyl (C=O) groups is 1. The number of hydrogen-bond acceptors (Lipinski definition) is 5. The van der Waals surface area contributed by atoms with E-state index < -0.39 is 15.9 Å². The van der Waals surface area contributed by atoms with Crippen molar-refractivity contribution in [3.05, 3.63) is 23.2 Å². The molecule has 0 aliphatic rings. The van der Waals surface area contributed by atoms with E-state index in [1.807, 2.05) is 0 Å².